The molecule has 0 fully saturated rings. The Bertz CT molecular complexity index is 662. The van der Waals surface area contributed by atoms with Crippen LogP contribution in [0.25, 0.3) is 0 Å². The smallest absolute Gasteiger partial charge is 0.255 e. The summed E-state index contributed by atoms with van der Waals surface area (Å²) in [5, 5.41) is 9.62. The summed E-state index contributed by atoms with van der Waals surface area (Å²) in [7, 11) is 1.54. The fourth-order valence-electron chi connectivity index (χ4n) is 1.90. The minimum Gasteiger partial charge on any atom is -0.496 e. The molecule has 1 heterocycles. The van der Waals surface area contributed by atoms with E-state index in [1.54, 1.807) is 18.2 Å². The highest BCUT2D eigenvalue weighted by Gasteiger charge is 2.12. The van der Waals surface area contributed by atoms with Gasteiger partial charge in [0.1, 0.15) is 5.75 Å². The number of hydrogen-bond donors (Lipinski definition) is 2. The summed E-state index contributed by atoms with van der Waals surface area (Å²) in [6, 6.07) is 7.07. The van der Waals surface area contributed by atoms with E-state index in [-0.39, 0.29) is 5.91 Å². The number of nitrogens with one attached hydrogen (secondary N) is 2. The molecule has 2 rings (SSSR count). The van der Waals surface area contributed by atoms with Crippen LogP contribution in [0.15, 0.2) is 24.3 Å². The highest BCUT2D eigenvalue weighted by molar-refractivity contribution is 7.71. The second kappa shape index (κ2) is 6.33. The van der Waals surface area contributed by atoms with Gasteiger partial charge in [0.2, 0.25) is 0 Å². The molecule has 2 aromatic rings. The Balaban J connectivity index is 2.11. The average Bonchev–Trinajstić information content (AvgIpc) is 2.84. The van der Waals surface area contributed by atoms with Gasteiger partial charge >= 0.3 is 0 Å². The van der Waals surface area contributed by atoms with E-state index < -0.39 is 0 Å². The lowest BCUT2D eigenvalue weighted by Gasteiger charge is -2.09. The second-order valence-corrected chi connectivity index (χ2v) is 4.46. The second-order valence-electron chi connectivity index (χ2n) is 4.07. The first-order valence-electron chi connectivity index (χ1n) is 6.22. The van der Waals surface area contributed by atoms with Crippen molar-refractivity contribution in [1.29, 1.82) is 0 Å². The zero-order chi connectivity index (χ0) is 14.5. The van der Waals surface area contributed by atoms with Crippen molar-refractivity contribution in [3.05, 3.63) is 40.4 Å². The minimum atomic E-state index is -0.209. The van der Waals surface area contributed by atoms with E-state index in [9.17, 15) is 4.79 Å². The van der Waals surface area contributed by atoms with Gasteiger partial charge in [0, 0.05) is 6.54 Å². The maximum Gasteiger partial charge on any atom is 0.255 e. The van der Waals surface area contributed by atoms with E-state index in [2.05, 4.69) is 15.5 Å². The van der Waals surface area contributed by atoms with E-state index in [0.29, 0.717) is 35.0 Å². The molecule has 0 bridgehead atoms. The predicted octanol–water partition coefficient (Wildman–Crippen LogP) is 1.90. The molecule has 0 atom stereocenters. The van der Waals surface area contributed by atoms with Crippen LogP contribution in [0.1, 0.15) is 23.1 Å². The van der Waals surface area contributed by atoms with Crippen molar-refractivity contribution in [3.8, 4) is 5.75 Å². The minimum absolute atomic E-state index is 0.209. The van der Waals surface area contributed by atoms with Gasteiger partial charge in [0.15, 0.2) is 10.6 Å². The first-order valence-corrected chi connectivity index (χ1v) is 6.63. The third-order valence-corrected chi connectivity index (χ3v) is 3.22. The van der Waals surface area contributed by atoms with E-state index >= 15 is 0 Å². The fraction of sp³-hybridized carbons (Fsp3) is 0.308. The molecule has 0 radical (unpaired) electrons. The molecule has 0 saturated carbocycles. The van der Waals surface area contributed by atoms with Crippen molar-refractivity contribution in [3.63, 3.8) is 0 Å². The third kappa shape index (κ3) is 2.88. The number of nitrogens with zero attached hydrogens (tertiary/aromatic N) is 2. The molecule has 0 spiro atoms. The first kappa shape index (κ1) is 14.3. The SMILES string of the molecule is CCn1c(CNC(=O)c2ccccc2OC)n[nH]c1=S. The van der Waals surface area contributed by atoms with Crippen LogP contribution >= 0.6 is 12.2 Å². The number of benzene rings is 1. The molecule has 0 unspecified atom stereocenters. The maximum atomic E-state index is 12.1. The van der Waals surface area contributed by atoms with Crippen molar-refractivity contribution in [2.24, 2.45) is 0 Å². The third-order valence-electron chi connectivity index (χ3n) is 2.91. The molecule has 20 heavy (non-hydrogen) atoms. The Labute approximate surface area is 121 Å². The maximum absolute atomic E-state index is 12.1. The molecule has 6 nitrogen and oxygen atoms in total. The van der Waals surface area contributed by atoms with Gasteiger partial charge in [0.25, 0.3) is 5.91 Å². The summed E-state index contributed by atoms with van der Waals surface area (Å²) in [5.41, 5.74) is 0.493. The Kier molecular flexibility index (Phi) is 4.52. The lowest BCUT2D eigenvalue weighted by Crippen LogP contribution is -2.25. The quantitative estimate of drug-likeness (QED) is 0.826. The number of methoxy groups -OCH3 is 1. The number of carbonyl (C=O) groups excluding carboxylic acids is 1. The van der Waals surface area contributed by atoms with E-state index in [1.807, 2.05) is 17.6 Å². The highest BCUT2D eigenvalue weighted by atomic mass is 32.1. The molecule has 2 N–H and O–H groups in total. The van der Waals surface area contributed by atoms with Crippen molar-refractivity contribution in [1.82, 2.24) is 20.1 Å². The van der Waals surface area contributed by atoms with Crippen molar-refractivity contribution in [2.75, 3.05) is 7.11 Å². The molecule has 1 aromatic heterocycles. The molecule has 0 saturated heterocycles. The van der Waals surface area contributed by atoms with Gasteiger partial charge < -0.3 is 14.6 Å². The van der Waals surface area contributed by atoms with Gasteiger partial charge in [-0.2, -0.15) is 5.10 Å². The van der Waals surface area contributed by atoms with Gasteiger partial charge in [-0.05, 0) is 31.3 Å². The predicted molar refractivity (Wildman–Crippen MR) is 77.2 cm³/mol. The number of H-pyrrole nitrogens is 1. The Morgan fingerprint density at radius 2 is 2.25 bits per heavy atom. The van der Waals surface area contributed by atoms with Crippen LogP contribution in [0, 0.1) is 4.77 Å². The first-order chi connectivity index (χ1) is 9.67. The lowest BCUT2D eigenvalue weighted by molar-refractivity contribution is 0.0946. The standard InChI is InChI=1S/C13H16N4O2S/c1-3-17-11(15-16-13(17)20)8-14-12(18)9-6-4-5-7-10(9)19-2/h4-7H,3,8H2,1-2H3,(H,14,18)(H,16,20). The van der Waals surface area contributed by atoms with E-state index in [4.69, 9.17) is 17.0 Å². The van der Waals surface area contributed by atoms with Crippen LogP contribution < -0.4 is 10.1 Å². The molecule has 7 heteroatoms. The fourth-order valence-corrected chi connectivity index (χ4v) is 2.18. The molecule has 0 aliphatic carbocycles. The molecule has 1 amide bonds. The highest BCUT2D eigenvalue weighted by Crippen LogP contribution is 2.16. The Morgan fingerprint density at radius 3 is 2.95 bits per heavy atom. The lowest BCUT2D eigenvalue weighted by atomic mass is 10.2. The number of amides is 1. The van der Waals surface area contributed by atoms with Crippen molar-refractivity contribution >= 4 is 18.1 Å². The van der Waals surface area contributed by atoms with Crippen LogP contribution in [-0.2, 0) is 13.1 Å². The monoisotopic (exact) mass is 292 g/mol. The van der Waals surface area contributed by atoms with Gasteiger partial charge in [-0.3, -0.25) is 9.89 Å². The van der Waals surface area contributed by atoms with E-state index in [1.165, 1.54) is 7.11 Å². The summed E-state index contributed by atoms with van der Waals surface area (Å²) >= 11 is 5.10. The van der Waals surface area contributed by atoms with Crippen LogP contribution in [0.4, 0.5) is 0 Å². The summed E-state index contributed by atoms with van der Waals surface area (Å²) in [5.74, 6) is 1.03. The average molecular weight is 292 g/mol. The summed E-state index contributed by atoms with van der Waals surface area (Å²) in [6.07, 6.45) is 0. The zero-order valence-corrected chi connectivity index (χ0v) is 12.2. The Morgan fingerprint density at radius 1 is 1.50 bits per heavy atom. The number of rotatable bonds is 5. The topological polar surface area (TPSA) is 71.9 Å². The largest absolute Gasteiger partial charge is 0.496 e. The zero-order valence-electron chi connectivity index (χ0n) is 11.3. The molecular formula is C13H16N4O2S. The molecule has 1 aromatic carbocycles. The molecule has 0 aliphatic rings. The Hall–Kier alpha value is -2.15. The van der Waals surface area contributed by atoms with Gasteiger partial charge in [-0.1, -0.05) is 12.1 Å². The number of carbonyl (C=O) groups is 1. The van der Waals surface area contributed by atoms with Crippen molar-refractivity contribution in [2.45, 2.75) is 20.0 Å². The molecule has 106 valence electrons. The summed E-state index contributed by atoms with van der Waals surface area (Å²) in [6.45, 7) is 2.98. The van der Waals surface area contributed by atoms with E-state index in [0.717, 1.165) is 0 Å². The number of hydrogen-bond acceptors (Lipinski definition) is 4. The summed E-state index contributed by atoms with van der Waals surface area (Å²) in [4.78, 5) is 12.1. The van der Waals surface area contributed by atoms with Crippen LogP contribution in [0.3, 0.4) is 0 Å². The molecular weight excluding hydrogens is 276 g/mol. The van der Waals surface area contributed by atoms with Gasteiger partial charge in [0.05, 0.1) is 19.2 Å². The van der Waals surface area contributed by atoms with Crippen LogP contribution in [0.2, 0.25) is 0 Å². The molecule has 0 aliphatic heterocycles. The van der Waals surface area contributed by atoms with Crippen LogP contribution in [0.5, 0.6) is 5.75 Å². The number of aromatic amines is 1. The number of aromatic nitrogens is 3. The number of para-hydroxylation sites is 1. The van der Waals surface area contributed by atoms with Gasteiger partial charge in [-0.25, -0.2) is 0 Å². The van der Waals surface area contributed by atoms with Gasteiger partial charge in [-0.15, -0.1) is 0 Å². The van der Waals surface area contributed by atoms with Crippen molar-refractivity contribution < 1.29 is 9.53 Å². The number of ether oxygens (including phenoxy) is 1. The van der Waals surface area contributed by atoms with Crippen LogP contribution in [-0.4, -0.2) is 27.8 Å². The summed E-state index contributed by atoms with van der Waals surface area (Å²) < 4.78 is 7.54. The normalized spacial score (nSPS) is 10.3.